The average Bonchev–Trinajstić information content (AvgIpc) is 3.03. The predicted molar refractivity (Wildman–Crippen MR) is 77.8 cm³/mol. The lowest BCUT2D eigenvalue weighted by Crippen LogP contribution is -1.99. The second-order valence-electron chi connectivity index (χ2n) is 4.37. The first-order valence-corrected chi connectivity index (χ1v) is 6.46. The van der Waals surface area contributed by atoms with Crippen LogP contribution in [-0.4, -0.2) is 22.2 Å². The third-order valence-corrected chi connectivity index (χ3v) is 2.94. The molecule has 0 fully saturated rings. The first-order valence-electron chi connectivity index (χ1n) is 6.46. The highest BCUT2D eigenvalue weighted by molar-refractivity contribution is 5.56. The molecule has 0 aliphatic rings. The van der Waals surface area contributed by atoms with Crippen molar-refractivity contribution in [1.82, 2.24) is 15.1 Å². The van der Waals surface area contributed by atoms with Gasteiger partial charge in [0.15, 0.2) is 0 Å². The Kier molecular flexibility index (Phi) is 3.77. The molecule has 6 nitrogen and oxygen atoms in total. The van der Waals surface area contributed by atoms with E-state index in [-0.39, 0.29) is 0 Å². The number of nitrogens with one attached hydrogen (secondary N) is 1. The van der Waals surface area contributed by atoms with Gasteiger partial charge in [0.2, 0.25) is 5.82 Å². The number of methoxy groups -OCH3 is 1. The molecule has 0 amide bonds. The highest BCUT2D eigenvalue weighted by atomic mass is 16.5. The van der Waals surface area contributed by atoms with Gasteiger partial charge in [0, 0.05) is 24.5 Å². The van der Waals surface area contributed by atoms with E-state index in [9.17, 15) is 0 Å². The number of hydrogen-bond acceptors (Lipinski definition) is 6. The fraction of sp³-hybridized carbons (Fsp3) is 0.133. The van der Waals surface area contributed by atoms with E-state index in [4.69, 9.17) is 9.26 Å². The number of rotatable bonds is 5. The van der Waals surface area contributed by atoms with E-state index >= 15 is 0 Å². The highest BCUT2D eigenvalue weighted by Gasteiger charge is 2.08. The molecule has 1 aromatic carbocycles. The maximum atomic E-state index is 5.17. The van der Waals surface area contributed by atoms with Crippen LogP contribution < -0.4 is 10.1 Å². The first kappa shape index (κ1) is 13.1. The minimum absolute atomic E-state index is 0.379. The third kappa shape index (κ3) is 3.17. The van der Waals surface area contributed by atoms with Crippen molar-refractivity contribution in [1.29, 1.82) is 0 Å². The van der Waals surface area contributed by atoms with Crippen molar-refractivity contribution in [3.63, 3.8) is 0 Å². The van der Waals surface area contributed by atoms with Gasteiger partial charge >= 0.3 is 6.01 Å². The quantitative estimate of drug-likeness (QED) is 0.775. The summed E-state index contributed by atoms with van der Waals surface area (Å²) in [7, 11) is 1.63. The topological polar surface area (TPSA) is 73.1 Å². The summed E-state index contributed by atoms with van der Waals surface area (Å²) in [4.78, 5) is 8.35. The summed E-state index contributed by atoms with van der Waals surface area (Å²) >= 11 is 0. The minimum atomic E-state index is 0.379. The van der Waals surface area contributed by atoms with Crippen molar-refractivity contribution >= 4 is 6.01 Å². The number of benzene rings is 1. The van der Waals surface area contributed by atoms with Gasteiger partial charge in [-0.05, 0) is 35.9 Å². The van der Waals surface area contributed by atoms with E-state index in [2.05, 4.69) is 20.4 Å². The molecule has 0 unspecified atom stereocenters. The molecule has 106 valence electrons. The molecule has 2 heterocycles. The molecule has 0 radical (unpaired) electrons. The SMILES string of the molecule is COc1ccc(-c2noc(NCc3cccnc3)n2)cc1. The lowest BCUT2D eigenvalue weighted by Gasteiger charge is -2.00. The van der Waals surface area contributed by atoms with Gasteiger partial charge in [-0.3, -0.25) is 4.98 Å². The average molecular weight is 282 g/mol. The largest absolute Gasteiger partial charge is 0.497 e. The van der Waals surface area contributed by atoms with Crippen LogP contribution in [0, 0.1) is 0 Å². The summed E-state index contributed by atoms with van der Waals surface area (Å²) < 4.78 is 10.3. The number of ether oxygens (including phenoxy) is 1. The zero-order valence-electron chi connectivity index (χ0n) is 11.5. The maximum Gasteiger partial charge on any atom is 0.322 e. The molecular formula is C15H14N4O2. The predicted octanol–water partition coefficient (Wildman–Crippen LogP) is 2.75. The van der Waals surface area contributed by atoms with Crippen LogP contribution in [0.4, 0.5) is 6.01 Å². The molecule has 0 saturated heterocycles. The fourth-order valence-electron chi connectivity index (χ4n) is 1.83. The number of aromatic nitrogens is 3. The van der Waals surface area contributed by atoms with E-state index in [0.717, 1.165) is 16.9 Å². The van der Waals surface area contributed by atoms with Crippen LogP contribution in [0.25, 0.3) is 11.4 Å². The van der Waals surface area contributed by atoms with Gasteiger partial charge in [-0.2, -0.15) is 4.98 Å². The van der Waals surface area contributed by atoms with E-state index in [0.29, 0.717) is 18.4 Å². The van der Waals surface area contributed by atoms with Crippen LogP contribution in [0.3, 0.4) is 0 Å². The van der Waals surface area contributed by atoms with Crippen LogP contribution in [0.1, 0.15) is 5.56 Å². The van der Waals surface area contributed by atoms with E-state index < -0.39 is 0 Å². The van der Waals surface area contributed by atoms with Crippen LogP contribution in [0.5, 0.6) is 5.75 Å². The van der Waals surface area contributed by atoms with Crippen molar-refractivity contribution in [2.75, 3.05) is 12.4 Å². The van der Waals surface area contributed by atoms with Crippen molar-refractivity contribution in [2.24, 2.45) is 0 Å². The summed E-state index contributed by atoms with van der Waals surface area (Å²) in [6.45, 7) is 0.581. The van der Waals surface area contributed by atoms with Crippen LogP contribution in [0.15, 0.2) is 53.3 Å². The minimum Gasteiger partial charge on any atom is -0.497 e. The lowest BCUT2D eigenvalue weighted by atomic mass is 10.2. The van der Waals surface area contributed by atoms with Gasteiger partial charge in [0.1, 0.15) is 5.75 Å². The van der Waals surface area contributed by atoms with Gasteiger partial charge in [-0.1, -0.05) is 11.2 Å². The Labute approximate surface area is 121 Å². The van der Waals surface area contributed by atoms with Crippen molar-refractivity contribution in [3.05, 3.63) is 54.4 Å². The van der Waals surface area contributed by atoms with Crippen molar-refractivity contribution < 1.29 is 9.26 Å². The first-order chi connectivity index (χ1) is 10.3. The molecule has 21 heavy (non-hydrogen) atoms. The zero-order chi connectivity index (χ0) is 14.5. The molecule has 0 saturated carbocycles. The fourth-order valence-corrected chi connectivity index (χ4v) is 1.83. The van der Waals surface area contributed by atoms with E-state index in [1.54, 1.807) is 19.5 Å². The Hall–Kier alpha value is -2.89. The Balaban J connectivity index is 1.68. The van der Waals surface area contributed by atoms with E-state index in [1.807, 2.05) is 36.4 Å². The molecule has 3 aromatic rings. The summed E-state index contributed by atoms with van der Waals surface area (Å²) in [5, 5.41) is 7.02. The molecule has 3 rings (SSSR count). The normalized spacial score (nSPS) is 10.3. The molecule has 0 atom stereocenters. The highest BCUT2D eigenvalue weighted by Crippen LogP contribution is 2.21. The number of hydrogen-bond donors (Lipinski definition) is 1. The molecule has 0 bridgehead atoms. The molecule has 1 N–H and O–H groups in total. The van der Waals surface area contributed by atoms with Gasteiger partial charge in [0.25, 0.3) is 0 Å². The molecular weight excluding hydrogens is 268 g/mol. The molecule has 0 spiro atoms. The van der Waals surface area contributed by atoms with Crippen LogP contribution in [0.2, 0.25) is 0 Å². The summed E-state index contributed by atoms with van der Waals surface area (Å²) in [5.41, 5.74) is 1.91. The standard InChI is InChI=1S/C15H14N4O2/c1-20-13-6-4-12(5-7-13)14-18-15(21-19-14)17-10-11-3-2-8-16-9-11/h2-9H,10H2,1H3,(H,17,18,19). The number of pyridine rings is 1. The maximum absolute atomic E-state index is 5.17. The molecule has 0 aliphatic heterocycles. The van der Waals surface area contributed by atoms with Crippen molar-refractivity contribution in [3.8, 4) is 17.1 Å². The van der Waals surface area contributed by atoms with Crippen LogP contribution in [-0.2, 0) is 6.54 Å². The van der Waals surface area contributed by atoms with Gasteiger partial charge < -0.3 is 14.6 Å². The second-order valence-corrected chi connectivity index (χ2v) is 4.37. The smallest absolute Gasteiger partial charge is 0.322 e. The molecule has 6 heteroatoms. The molecule has 0 aliphatic carbocycles. The van der Waals surface area contributed by atoms with Gasteiger partial charge in [-0.15, -0.1) is 0 Å². The molecule has 2 aromatic heterocycles. The van der Waals surface area contributed by atoms with E-state index in [1.165, 1.54) is 0 Å². The third-order valence-electron chi connectivity index (χ3n) is 2.94. The summed E-state index contributed by atoms with van der Waals surface area (Å²) in [6.07, 6.45) is 3.52. The number of anilines is 1. The Morgan fingerprint density at radius 1 is 1.19 bits per heavy atom. The Morgan fingerprint density at radius 2 is 2.05 bits per heavy atom. The van der Waals surface area contributed by atoms with Crippen LogP contribution >= 0.6 is 0 Å². The van der Waals surface area contributed by atoms with Crippen molar-refractivity contribution in [2.45, 2.75) is 6.54 Å². The summed E-state index contributed by atoms with van der Waals surface area (Å²) in [5.74, 6) is 1.32. The Bertz CT molecular complexity index is 695. The zero-order valence-corrected chi connectivity index (χ0v) is 11.5. The second kappa shape index (κ2) is 6.04. The Morgan fingerprint density at radius 3 is 2.76 bits per heavy atom. The van der Waals surface area contributed by atoms with Gasteiger partial charge in [0.05, 0.1) is 7.11 Å². The monoisotopic (exact) mass is 282 g/mol. The van der Waals surface area contributed by atoms with Gasteiger partial charge in [-0.25, -0.2) is 0 Å². The number of nitrogens with zero attached hydrogens (tertiary/aromatic N) is 3. The lowest BCUT2D eigenvalue weighted by molar-refractivity contribution is 0.415. The summed E-state index contributed by atoms with van der Waals surface area (Å²) in [6, 6.07) is 11.7.